The first-order valence-corrected chi connectivity index (χ1v) is 10.8. The van der Waals surface area contributed by atoms with Crippen LogP contribution >= 0.6 is 0 Å². The third kappa shape index (κ3) is 6.71. The molecule has 31 heavy (non-hydrogen) atoms. The van der Waals surface area contributed by atoms with Gasteiger partial charge in [0.25, 0.3) is 0 Å². The van der Waals surface area contributed by atoms with Crippen molar-refractivity contribution < 1.29 is 19.1 Å². The minimum absolute atomic E-state index is 0.0488. The summed E-state index contributed by atoms with van der Waals surface area (Å²) in [5.41, 5.74) is 3.35. The van der Waals surface area contributed by atoms with Crippen molar-refractivity contribution >= 4 is 17.6 Å². The molecule has 0 aliphatic carbocycles. The van der Waals surface area contributed by atoms with Crippen LogP contribution in [0.15, 0.2) is 60.7 Å². The molecule has 0 fully saturated rings. The maximum atomic E-state index is 12.7. The minimum atomic E-state index is -0.438. The molecule has 0 aliphatic rings. The number of rotatable bonds is 8. The molecule has 1 unspecified atom stereocenters. The van der Waals surface area contributed by atoms with Gasteiger partial charge in [0.2, 0.25) is 0 Å². The average molecular weight is 424 g/mol. The summed E-state index contributed by atoms with van der Waals surface area (Å²) in [4.78, 5) is 26.4. The zero-order chi connectivity index (χ0) is 23.0. The molecule has 5 heteroatoms. The average Bonchev–Trinajstić information content (AvgIpc) is 2.72. The van der Waals surface area contributed by atoms with Crippen molar-refractivity contribution in [2.45, 2.75) is 59.7 Å². The van der Waals surface area contributed by atoms with Crippen molar-refractivity contribution in [2.75, 3.05) is 6.61 Å². The molecule has 0 bridgehead atoms. The van der Waals surface area contributed by atoms with Gasteiger partial charge in [-0.3, -0.25) is 0 Å². The number of carbonyl (C=O) groups is 2. The Hall–Kier alpha value is -3.08. The Kier molecular flexibility index (Phi) is 8.86. The van der Waals surface area contributed by atoms with Gasteiger partial charge >= 0.3 is 12.1 Å². The Labute approximate surface area is 185 Å². The number of benzene rings is 2. The number of nitrogens with zero attached hydrogens (tertiary/aromatic N) is 1. The van der Waals surface area contributed by atoms with E-state index in [1.54, 1.807) is 24.0 Å². The summed E-state index contributed by atoms with van der Waals surface area (Å²) in [6.07, 6.45) is 1.16. The van der Waals surface area contributed by atoms with Crippen LogP contribution in [0.2, 0.25) is 0 Å². The van der Waals surface area contributed by atoms with Crippen molar-refractivity contribution in [3.8, 4) is 0 Å². The van der Waals surface area contributed by atoms with Crippen LogP contribution in [-0.4, -0.2) is 41.8 Å². The van der Waals surface area contributed by atoms with Gasteiger partial charge in [-0.15, -0.1) is 0 Å². The topological polar surface area (TPSA) is 55.8 Å². The predicted molar refractivity (Wildman–Crippen MR) is 124 cm³/mol. The van der Waals surface area contributed by atoms with E-state index in [4.69, 9.17) is 9.47 Å². The van der Waals surface area contributed by atoms with Crippen molar-refractivity contribution in [3.05, 3.63) is 77.4 Å². The first kappa shape index (κ1) is 24.2. The van der Waals surface area contributed by atoms with Crippen molar-refractivity contribution in [1.82, 2.24) is 4.90 Å². The molecule has 0 heterocycles. The fourth-order valence-electron chi connectivity index (χ4n) is 3.48. The molecule has 0 saturated carbocycles. The van der Waals surface area contributed by atoms with E-state index in [9.17, 15) is 9.59 Å². The third-order valence-electron chi connectivity index (χ3n) is 4.80. The van der Waals surface area contributed by atoms with Gasteiger partial charge in [-0.1, -0.05) is 42.5 Å². The Morgan fingerprint density at radius 1 is 0.839 bits per heavy atom. The first-order chi connectivity index (χ1) is 14.7. The van der Waals surface area contributed by atoms with Gasteiger partial charge in [0.15, 0.2) is 0 Å². The van der Waals surface area contributed by atoms with E-state index in [-0.39, 0.29) is 24.1 Å². The number of esters is 1. The Balaban J connectivity index is 2.33. The zero-order valence-electron chi connectivity index (χ0n) is 19.3. The molecule has 0 aromatic heterocycles. The monoisotopic (exact) mass is 423 g/mol. The number of carbonyl (C=O) groups excluding carboxylic acids is 2. The molecule has 0 aliphatic heterocycles. The van der Waals surface area contributed by atoms with E-state index < -0.39 is 6.10 Å². The Morgan fingerprint density at radius 3 is 1.87 bits per heavy atom. The smallest absolute Gasteiger partial charge is 0.410 e. The molecule has 0 spiro atoms. The first-order valence-electron chi connectivity index (χ1n) is 10.8. The Morgan fingerprint density at radius 2 is 1.35 bits per heavy atom. The highest BCUT2D eigenvalue weighted by Crippen LogP contribution is 2.25. The van der Waals surface area contributed by atoms with Crippen LogP contribution in [0.3, 0.4) is 0 Å². The number of ether oxygens (including phenoxy) is 2. The predicted octanol–water partition coefficient (Wildman–Crippen LogP) is 5.94. The lowest BCUT2D eigenvalue weighted by Gasteiger charge is -2.30. The highest BCUT2D eigenvalue weighted by atomic mass is 16.6. The number of amides is 1. The molecule has 0 N–H and O–H groups in total. The fourth-order valence-corrected chi connectivity index (χ4v) is 3.48. The second-order valence-electron chi connectivity index (χ2n) is 7.93. The van der Waals surface area contributed by atoms with Gasteiger partial charge in [0, 0.05) is 12.1 Å². The molecular weight excluding hydrogens is 390 g/mol. The van der Waals surface area contributed by atoms with E-state index >= 15 is 0 Å². The lowest BCUT2D eigenvalue weighted by molar-refractivity contribution is 0.0525. The van der Waals surface area contributed by atoms with Gasteiger partial charge in [0.05, 0.1) is 12.2 Å². The summed E-state index contributed by atoms with van der Waals surface area (Å²) >= 11 is 0. The molecule has 1 amide bonds. The summed E-state index contributed by atoms with van der Waals surface area (Å²) in [5, 5.41) is 0. The van der Waals surface area contributed by atoms with E-state index in [0.29, 0.717) is 12.2 Å². The lowest BCUT2D eigenvalue weighted by atomic mass is 9.95. The second-order valence-corrected chi connectivity index (χ2v) is 7.93. The van der Waals surface area contributed by atoms with Gasteiger partial charge in [0.1, 0.15) is 6.10 Å². The standard InChI is InChI=1S/C26H33NO4/c1-7-30-25(28)23-15-13-22(14-16-23)24(21-11-9-8-10-12-21)17-20(6)31-26(29)27(18(2)3)19(4)5/h8-20H,7H2,1-6H3/b24-17-. The maximum Gasteiger partial charge on any atom is 0.410 e. The van der Waals surface area contributed by atoms with Crippen molar-refractivity contribution in [3.63, 3.8) is 0 Å². The molecule has 2 aromatic rings. The summed E-state index contributed by atoms with van der Waals surface area (Å²) in [5.74, 6) is -0.343. The summed E-state index contributed by atoms with van der Waals surface area (Å²) in [6.45, 7) is 11.9. The van der Waals surface area contributed by atoms with E-state index in [1.165, 1.54) is 0 Å². The van der Waals surface area contributed by atoms with Crippen molar-refractivity contribution in [2.24, 2.45) is 0 Å². The highest BCUT2D eigenvalue weighted by Gasteiger charge is 2.23. The van der Waals surface area contributed by atoms with Gasteiger partial charge in [-0.05, 0) is 76.5 Å². The highest BCUT2D eigenvalue weighted by molar-refractivity contribution is 5.90. The quantitative estimate of drug-likeness (QED) is 0.493. The van der Waals surface area contributed by atoms with Crippen molar-refractivity contribution in [1.29, 1.82) is 0 Å². The summed E-state index contributed by atoms with van der Waals surface area (Å²) < 4.78 is 10.8. The van der Waals surface area contributed by atoms with Crippen LogP contribution in [0.4, 0.5) is 4.79 Å². The van der Waals surface area contributed by atoms with E-state index in [1.807, 2.05) is 83.2 Å². The van der Waals surface area contributed by atoms with Crippen LogP contribution in [0.1, 0.15) is 63.0 Å². The number of hydrogen-bond acceptors (Lipinski definition) is 4. The van der Waals surface area contributed by atoms with Gasteiger partial charge < -0.3 is 14.4 Å². The molecule has 0 radical (unpaired) electrons. The molecule has 2 rings (SSSR count). The second kappa shape index (κ2) is 11.3. The van der Waals surface area contributed by atoms with Crippen LogP contribution in [0.25, 0.3) is 5.57 Å². The fraction of sp³-hybridized carbons (Fsp3) is 0.385. The van der Waals surface area contributed by atoms with Crippen LogP contribution in [0, 0.1) is 0 Å². The third-order valence-corrected chi connectivity index (χ3v) is 4.80. The normalized spacial score (nSPS) is 12.6. The maximum absolute atomic E-state index is 12.7. The minimum Gasteiger partial charge on any atom is -0.462 e. The molecule has 1 atom stereocenters. The van der Waals surface area contributed by atoms with Crippen LogP contribution in [0.5, 0.6) is 0 Å². The summed E-state index contributed by atoms with van der Waals surface area (Å²) in [7, 11) is 0. The van der Waals surface area contributed by atoms with Crippen LogP contribution in [-0.2, 0) is 9.47 Å². The molecule has 166 valence electrons. The molecular formula is C26H33NO4. The molecule has 2 aromatic carbocycles. The summed E-state index contributed by atoms with van der Waals surface area (Å²) in [6, 6.07) is 17.3. The van der Waals surface area contributed by atoms with Gasteiger partial charge in [-0.2, -0.15) is 0 Å². The molecule has 0 saturated heterocycles. The molecule has 5 nitrogen and oxygen atoms in total. The zero-order valence-corrected chi connectivity index (χ0v) is 19.3. The largest absolute Gasteiger partial charge is 0.462 e. The van der Waals surface area contributed by atoms with E-state index in [0.717, 1.165) is 16.7 Å². The number of hydrogen-bond donors (Lipinski definition) is 0. The lowest BCUT2D eigenvalue weighted by Crippen LogP contribution is -2.43. The van der Waals surface area contributed by atoms with Crippen LogP contribution < -0.4 is 0 Å². The SMILES string of the molecule is CCOC(=O)c1ccc(/C(=C\C(C)OC(=O)N(C(C)C)C(C)C)c2ccccc2)cc1. The van der Waals surface area contributed by atoms with E-state index in [2.05, 4.69) is 0 Å². The van der Waals surface area contributed by atoms with Gasteiger partial charge in [-0.25, -0.2) is 9.59 Å². The Bertz CT molecular complexity index is 877.